The van der Waals surface area contributed by atoms with Gasteiger partial charge in [0, 0.05) is 11.4 Å². The molecule has 2 N–H and O–H groups in total. The predicted octanol–water partition coefficient (Wildman–Crippen LogP) is 3.55. The van der Waals surface area contributed by atoms with Gasteiger partial charge in [-0.05, 0) is 49.3 Å². The van der Waals surface area contributed by atoms with Crippen LogP contribution in [-0.2, 0) is 24.2 Å². The van der Waals surface area contributed by atoms with Crippen LogP contribution >= 0.6 is 23.1 Å². The SMILES string of the molecule is CC(C)CNC(=O)NC(=O)CSc1nc2sc3c(c2c(=O)n1Cc1ccco1)CCCC3. The number of nitrogens with one attached hydrogen (secondary N) is 2. The van der Waals surface area contributed by atoms with Gasteiger partial charge in [0.05, 0.1) is 23.9 Å². The fourth-order valence-electron chi connectivity index (χ4n) is 3.66. The number of aromatic nitrogens is 2. The third-order valence-corrected chi connectivity index (χ3v) is 7.35. The monoisotopic (exact) mass is 474 g/mol. The molecule has 0 saturated heterocycles. The molecule has 1 aliphatic rings. The molecule has 4 rings (SSSR count). The normalized spacial score (nSPS) is 13.3. The van der Waals surface area contributed by atoms with Crippen molar-refractivity contribution in [3.05, 3.63) is 45.0 Å². The van der Waals surface area contributed by atoms with E-state index in [2.05, 4.69) is 10.6 Å². The van der Waals surface area contributed by atoms with E-state index < -0.39 is 11.9 Å². The van der Waals surface area contributed by atoms with Gasteiger partial charge in [0.15, 0.2) is 5.16 Å². The average Bonchev–Trinajstić information content (AvgIpc) is 3.40. The summed E-state index contributed by atoms with van der Waals surface area (Å²) in [7, 11) is 0. The summed E-state index contributed by atoms with van der Waals surface area (Å²) in [5, 5.41) is 6.11. The van der Waals surface area contributed by atoms with Crippen molar-refractivity contribution in [1.29, 1.82) is 0 Å². The quantitative estimate of drug-likeness (QED) is 0.401. The highest BCUT2D eigenvalue weighted by molar-refractivity contribution is 7.99. The molecule has 0 spiro atoms. The Balaban J connectivity index is 1.59. The average molecular weight is 475 g/mol. The van der Waals surface area contributed by atoms with E-state index in [0.717, 1.165) is 47.8 Å². The second-order valence-electron chi connectivity index (χ2n) is 8.20. The number of amides is 3. The maximum absolute atomic E-state index is 13.5. The molecule has 8 nitrogen and oxygen atoms in total. The summed E-state index contributed by atoms with van der Waals surface area (Å²) in [5.74, 6) is 0.446. The summed E-state index contributed by atoms with van der Waals surface area (Å²) in [6.45, 7) is 4.66. The number of carbonyl (C=O) groups excluding carboxylic acids is 2. The first-order valence-corrected chi connectivity index (χ1v) is 12.5. The summed E-state index contributed by atoms with van der Waals surface area (Å²) in [6, 6.07) is 3.06. The summed E-state index contributed by atoms with van der Waals surface area (Å²) >= 11 is 2.72. The summed E-state index contributed by atoms with van der Waals surface area (Å²) in [4.78, 5) is 44.3. The van der Waals surface area contributed by atoms with Crippen molar-refractivity contribution in [2.45, 2.75) is 51.2 Å². The van der Waals surface area contributed by atoms with Gasteiger partial charge in [0.1, 0.15) is 10.6 Å². The minimum absolute atomic E-state index is 0.0315. The minimum atomic E-state index is -0.522. The highest BCUT2D eigenvalue weighted by Crippen LogP contribution is 2.34. The lowest BCUT2D eigenvalue weighted by Gasteiger charge is -2.13. The maximum Gasteiger partial charge on any atom is 0.321 e. The Labute approximate surface area is 193 Å². The molecule has 0 bridgehead atoms. The van der Waals surface area contributed by atoms with E-state index in [-0.39, 0.29) is 23.8 Å². The summed E-state index contributed by atoms with van der Waals surface area (Å²) in [5.41, 5.74) is 1.02. The van der Waals surface area contributed by atoms with E-state index in [1.54, 1.807) is 34.3 Å². The molecule has 0 radical (unpaired) electrons. The third-order valence-electron chi connectivity index (χ3n) is 5.19. The van der Waals surface area contributed by atoms with Gasteiger partial charge < -0.3 is 9.73 Å². The molecular weight excluding hydrogens is 448 g/mol. The molecule has 0 fully saturated rings. The Hall–Kier alpha value is -2.59. The Morgan fingerprint density at radius 3 is 2.88 bits per heavy atom. The number of rotatable bonds is 7. The third kappa shape index (κ3) is 5.07. The predicted molar refractivity (Wildman–Crippen MR) is 125 cm³/mol. The summed E-state index contributed by atoms with van der Waals surface area (Å²) in [6.07, 6.45) is 5.64. The minimum Gasteiger partial charge on any atom is -0.467 e. The Kier molecular flexibility index (Phi) is 7.00. The van der Waals surface area contributed by atoms with Crippen LogP contribution < -0.4 is 16.2 Å². The number of hydrogen-bond acceptors (Lipinski definition) is 7. The largest absolute Gasteiger partial charge is 0.467 e. The van der Waals surface area contributed by atoms with E-state index >= 15 is 0 Å². The Morgan fingerprint density at radius 2 is 2.12 bits per heavy atom. The van der Waals surface area contributed by atoms with E-state index in [0.29, 0.717) is 22.8 Å². The van der Waals surface area contributed by atoms with Gasteiger partial charge in [-0.1, -0.05) is 25.6 Å². The van der Waals surface area contributed by atoms with Crippen molar-refractivity contribution in [2.24, 2.45) is 5.92 Å². The lowest BCUT2D eigenvalue weighted by Crippen LogP contribution is -2.41. The van der Waals surface area contributed by atoms with Crippen molar-refractivity contribution >= 4 is 45.3 Å². The van der Waals surface area contributed by atoms with Crippen LogP contribution in [0.5, 0.6) is 0 Å². The van der Waals surface area contributed by atoms with Crippen molar-refractivity contribution < 1.29 is 14.0 Å². The number of carbonyl (C=O) groups is 2. The number of imide groups is 1. The van der Waals surface area contributed by atoms with Gasteiger partial charge in [-0.3, -0.25) is 19.5 Å². The number of hydrogen-bond donors (Lipinski definition) is 2. The Bertz CT molecular complexity index is 1180. The van der Waals surface area contributed by atoms with E-state index in [1.165, 1.54) is 4.88 Å². The van der Waals surface area contributed by atoms with Crippen LogP contribution in [0.1, 0.15) is 42.9 Å². The number of thioether (sulfide) groups is 1. The number of furan rings is 1. The van der Waals surface area contributed by atoms with Gasteiger partial charge in [0.2, 0.25) is 5.91 Å². The number of urea groups is 1. The molecule has 1 aliphatic carbocycles. The van der Waals surface area contributed by atoms with Crippen LogP contribution in [0, 0.1) is 5.92 Å². The number of aryl methyl sites for hydroxylation is 2. The van der Waals surface area contributed by atoms with Crippen LogP contribution in [0.25, 0.3) is 10.2 Å². The topological polar surface area (TPSA) is 106 Å². The molecular formula is C22H26N4O4S2. The standard InChI is InChI=1S/C22H26N4O4S2/c1-13(2)10-23-21(29)24-17(27)12-31-22-25-19-18(15-7-3-4-8-16(15)32-19)20(28)26(22)11-14-6-5-9-30-14/h5-6,9,13H,3-4,7-8,10-12H2,1-2H3,(H2,23,24,27,29). The molecule has 3 aromatic rings. The molecule has 3 aromatic heterocycles. The smallest absolute Gasteiger partial charge is 0.321 e. The van der Waals surface area contributed by atoms with Crippen LogP contribution in [0.2, 0.25) is 0 Å². The van der Waals surface area contributed by atoms with Crippen LogP contribution in [0.15, 0.2) is 32.8 Å². The van der Waals surface area contributed by atoms with Crippen molar-refractivity contribution in [3.8, 4) is 0 Å². The lowest BCUT2D eigenvalue weighted by molar-refractivity contribution is -0.117. The number of fused-ring (bicyclic) bond motifs is 3. The molecule has 0 unspecified atom stereocenters. The first-order valence-electron chi connectivity index (χ1n) is 10.7. The van der Waals surface area contributed by atoms with Crippen molar-refractivity contribution in [1.82, 2.24) is 20.2 Å². The lowest BCUT2D eigenvalue weighted by atomic mass is 9.97. The fraction of sp³-hybridized carbons (Fsp3) is 0.455. The van der Waals surface area contributed by atoms with Crippen molar-refractivity contribution in [3.63, 3.8) is 0 Å². The van der Waals surface area contributed by atoms with Gasteiger partial charge in [-0.15, -0.1) is 11.3 Å². The van der Waals surface area contributed by atoms with Gasteiger partial charge >= 0.3 is 6.03 Å². The zero-order valence-electron chi connectivity index (χ0n) is 18.1. The molecule has 0 aliphatic heterocycles. The van der Waals surface area contributed by atoms with Gasteiger partial charge in [-0.25, -0.2) is 9.78 Å². The maximum atomic E-state index is 13.5. The van der Waals surface area contributed by atoms with Gasteiger partial charge in [0.25, 0.3) is 5.56 Å². The zero-order valence-corrected chi connectivity index (χ0v) is 19.7. The second kappa shape index (κ2) is 9.91. The van der Waals surface area contributed by atoms with E-state index in [4.69, 9.17) is 9.40 Å². The Morgan fingerprint density at radius 1 is 1.31 bits per heavy atom. The molecule has 32 heavy (non-hydrogen) atoms. The molecule has 0 aromatic carbocycles. The number of thiophene rings is 1. The first-order chi connectivity index (χ1) is 15.4. The molecule has 10 heteroatoms. The fourth-order valence-corrected chi connectivity index (χ4v) is 5.76. The molecule has 3 amide bonds. The molecule has 3 heterocycles. The van der Waals surface area contributed by atoms with Crippen molar-refractivity contribution in [2.75, 3.05) is 12.3 Å². The first kappa shape index (κ1) is 22.6. The van der Waals surface area contributed by atoms with Crippen LogP contribution in [0.4, 0.5) is 4.79 Å². The van der Waals surface area contributed by atoms with Gasteiger partial charge in [-0.2, -0.15) is 0 Å². The van der Waals surface area contributed by atoms with Crippen LogP contribution in [-0.4, -0.2) is 33.8 Å². The highest BCUT2D eigenvalue weighted by Gasteiger charge is 2.23. The zero-order chi connectivity index (χ0) is 22.7. The molecule has 0 saturated carbocycles. The highest BCUT2D eigenvalue weighted by atomic mass is 32.2. The number of nitrogens with zero attached hydrogens (tertiary/aromatic N) is 2. The van der Waals surface area contributed by atoms with E-state index in [9.17, 15) is 14.4 Å². The van der Waals surface area contributed by atoms with Crippen LogP contribution in [0.3, 0.4) is 0 Å². The van der Waals surface area contributed by atoms with E-state index in [1.807, 2.05) is 13.8 Å². The molecule has 170 valence electrons. The molecule has 0 atom stereocenters. The second-order valence-corrected chi connectivity index (χ2v) is 10.2. The summed E-state index contributed by atoms with van der Waals surface area (Å²) < 4.78 is 7.02.